The molecule has 2 aromatic rings. The fraction of sp³-hybridized carbons (Fsp3) is 0.316. The van der Waals surface area contributed by atoms with E-state index in [9.17, 15) is 13.6 Å². The summed E-state index contributed by atoms with van der Waals surface area (Å²) in [4.78, 5) is 13.8. The van der Waals surface area contributed by atoms with Crippen molar-refractivity contribution in [2.45, 2.75) is 19.1 Å². The van der Waals surface area contributed by atoms with Crippen LogP contribution in [0.2, 0.25) is 0 Å². The summed E-state index contributed by atoms with van der Waals surface area (Å²) in [5.41, 5.74) is 0.757. The Hall–Kier alpha value is -2.67. The molecule has 1 heterocycles. The molecule has 0 spiro atoms. The molecule has 1 unspecified atom stereocenters. The van der Waals surface area contributed by atoms with Crippen molar-refractivity contribution in [3.05, 3.63) is 59.7 Å². The summed E-state index contributed by atoms with van der Waals surface area (Å²) in [6, 6.07) is 10.6. The van der Waals surface area contributed by atoms with Gasteiger partial charge in [0.1, 0.15) is 11.9 Å². The molecule has 3 rings (SSSR count). The molecule has 0 aliphatic carbocycles. The zero-order valence-corrected chi connectivity index (χ0v) is 14.0. The molecule has 0 bridgehead atoms. The normalized spacial score (nSPS) is 16.6. The highest BCUT2D eigenvalue weighted by Crippen LogP contribution is 2.23. The van der Waals surface area contributed by atoms with Crippen LogP contribution in [0.1, 0.15) is 12.0 Å². The maximum absolute atomic E-state index is 13.7. The Morgan fingerprint density at radius 3 is 2.69 bits per heavy atom. The summed E-state index contributed by atoms with van der Waals surface area (Å²) in [5, 5.41) is 9.00. The number of rotatable bonds is 6. The molecule has 7 heteroatoms. The third-order valence-electron chi connectivity index (χ3n) is 4.18. The Morgan fingerprint density at radius 2 is 1.96 bits per heavy atom. The van der Waals surface area contributed by atoms with E-state index in [1.54, 1.807) is 29.2 Å². The average molecular weight is 363 g/mol. The van der Waals surface area contributed by atoms with Gasteiger partial charge in [-0.25, -0.2) is 4.39 Å². The van der Waals surface area contributed by atoms with Gasteiger partial charge < -0.3 is 19.5 Å². The zero-order chi connectivity index (χ0) is 18.5. The minimum absolute atomic E-state index is 0.0553. The molecule has 1 fully saturated rings. The van der Waals surface area contributed by atoms with Crippen LogP contribution in [-0.2, 0) is 11.4 Å². The molecular formula is C19H19F2NO4. The van der Waals surface area contributed by atoms with Gasteiger partial charge in [-0.1, -0.05) is 18.2 Å². The standard InChI is InChI=1S/C19H19F2NO4/c20-16-2-1-3-17(19(16)21)26-15-8-9-22(10-15)18(24)12-25-14-6-4-13(11-23)5-7-14/h1-7,15,23H,8-12H2. The smallest absolute Gasteiger partial charge is 0.260 e. The number of halogens is 2. The first-order valence-corrected chi connectivity index (χ1v) is 8.28. The predicted octanol–water partition coefficient (Wildman–Crippen LogP) is 2.52. The van der Waals surface area contributed by atoms with Crippen molar-refractivity contribution in [1.82, 2.24) is 4.90 Å². The highest BCUT2D eigenvalue weighted by Gasteiger charge is 2.28. The number of hydrogen-bond donors (Lipinski definition) is 1. The van der Waals surface area contributed by atoms with E-state index in [2.05, 4.69) is 0 Å². The van der Waals surface area contributed by atoms with Gasteiger partial charge in [0.05, 0.1) is 13.2 Å². The van der Waals surface area contributed by atoms with E-state index in [0.29, 0.717) is 25.3 Å². The number of nitrogens with zero attached hydrogens (tertiary/aromatic N) is 1. The number of benzene rings is 2. The molecule has 0 aromatic heterocycles. The largest absolute Gasteiger partial charge is 0.485 e. The van der Waals surface area contributed by atoms with Crippen molar-refractivity contribution >= 4 is 5.91 Å². The molecule has 1 N–H and O–H groups in total. The topological polar surface area (TPSA) is 59.0 Å². The number of carbonyl (C=O) groups excluding carboxylic acids is 1. The van der Waals surface area contributed by atoms with Crippen LogP contribution < -0.4 is 9.47 Å². The van der Waals surface area contributed by atoms with Crippen LogP contribution in [0.25, 0.3) is 0 Å². The first-order chi connectivity index (χ1) is 12.6. The molecule has 1 amide bonds. The molecule has 1 aliphatic rings. The number of carbonyl (C=O) groups is 1. The molecule has 2 aromatic carbocycles. The van der Waals surface area contributed by atoms with E-state index < -0.39 is 11.6 Å². The van der Waals surface area contributed by atoms with Gasteiger partial charge in [0, 0.05) is 13.0 Å². The summed E-state index contributed by atoms with van der Waals surface area (Å²) in [7, 11) is 0. The van der Waals surface area contributed by atoms with Crippen molar-refractivity contribution in [1.29, 1.82) is 0 Å². The van der Waals surface area contributed by atoms with Crippen molar-refractivity contribution in [2.75, 3.05) is 19.7 Å². The van der Waals surface area contributed by atoms with E-state index in [1.807, 2.05) is 0 Å². The third kappa shape index (κ3) is 4.29. The Labute approximate surface area is 149 Å². The third-order valence-corrected chi connectivity index (χ3v) is 4.18. The number of hydrogen-bond acceptors (Lipinski definition) is 4. The average Bonchev–Trinajstić information content (AvgIpc) is 3.12. The first kappa shape index (κ1) is 18.1. The highest BCUT2D eigenvalue weighted by atomic mass is 19.2. The van der Waals surface area contributed by atoms with Crippen LogP contribution in [-0.4, -0.2) is 41.7 Å². The van der Waals surface area contributed by atoms with Crippen LogP contribution in [0, 0.1) is 11.6 Å². The Morgan fingerprint density at radius 1 is 1.19 bits per heavy atom. The van der Waals surface area contributed by atoms with Gasteiger partial charge in [-0.15, -0.1) is 0 Å². The molecule has 26 heavy (non-hydrogen) atoms. The fourth-order valence-corrected chi connectivity index (χ4v) is 2.73. The van der Waals surface area contributed by atoms with Gasteiger partial charge in [0.2, 0.25) is 5.82 Å². The number of likely N-dealkylation sites (tertiary alicyclic amines) is 1. The summed E-state index contributed by atoms with van der Waals surface area (Å²) >= 11 is 0. The van der Waals surface area contributed by atoms with Crippen molar-refractivity contribution in [3.63, 3.8) is 0 Å². The van der Waals surface area contributed by atoms with Crippen LogP contribution in [0.3, 0.4) is 0 Å². The Balaban J connectivity index is 1.49. The van der Waals surface area contributed by atoms with E-state index in [1.165, 1.54) is 12.1 Å². The van der Waals surface area contributed by atoms with E-state index >= 15 is 0 Å². The minimum atomic E-state index is -1.02. The Kier molecular flexibility index (Phi) is 5.68. The van der Waals surface area contributed by atoms with Crippen LogP contribution in [0.5, 0.6) is 11.5 Å². The second kappa shape index (κ2) is 8.14. The predicted molar refractivity (Wildman–Crippen MR) is 89.8 cm³/mol. The maximum Gasteiger partial charge on any atom is 0.260 e. The van der Waals surface area contributed by atoms with E-state index in [-0.39, 0.29) is 31.0 Å². The SMILES string of the molecule is O=C(COc1ccc(CO)cc1)N1CCC(Oc2cccc(F)c2F)C1. The monoisotopic (exact) mass is 363 g/mol. The number of aliphatic hydroxyl groups excluding tert-OH is 1. The van der Waals surface area contributed by atoms with Crippen molar-refractivity contribution < 1.29 is 28.2 Å². The summed E-state index contributed by atoms with van der Waals surface area (Å²) in [6.45, 7) is 0.578. The van der Waals surface area contributed by atoms with Crippen LogP contribution in [0.15, 0.2) is 42.5 Å². The lowest BCUT2D eigenvalue weighted by atomic mass is 10.2. The van der Waals surface area contributed by atoms with E-state index in [4.69, 9.17) is 14.6 Å². The molecule has 0 radical (unpaired) electrons. The number of aliphatic hydroxyl groups is 1. The highest BCUT2D eigenvalue weighted by molar-refractivity contribution is 5.78. The minimum Gasteiger partial charge on any atom is -0.485 e. The summed E-state index contributed by atoms with van der Waals surface area (Å²) in [5.74, 6) is -1.81. The molecule has 5 nitrogen and oxygen atoms in total. The lowest BCUT2D eigenvalue weighted by molar-refractivity contribution is -0.132. The lowest BCUT2D eigenvalue weighted by Gasteiger charge is -2.18. The first-order valence-electron chi connectivity index (χ1n) is 8.28. The number of amides is 1. The second-order valence-electron chi connectivity index (χ2n) is 6.01. The second-order valence-corrected chi connectivity index (χ2v) is 6.01. The van der Waals surface area contributed by atoms with Crippen molar-refractivity contribution in [3.8, 4) is 11.5 Å². The molecule has 1 saturated heterocycles. The summed E-state index contributed by atoms with van der Waals surface area (Å²) < 4.78 is 37.8. The number of ether oxygens (including phenoxy) is 2. The van der Waals surface area contributed by atoms with Gasteiger partial charge >= 0.3 is 0 Å². The lowest BCUT2D eigenvalue weighted by Crippen LogP contribution is -2.34. The van der Waals surface area contributed by atoms with E-state index in [0.717, 1.165) is 11.6 Å². The fourth-order valence-electron chi connectivity index (χ4n) is 2.73. The van der Waals surface area contributed by atoms with Crippen LogP contribution >= 0.6 is 0 Å². The van der Waals surface area contributed by atoms with Gasteiger partial charge in [-0.3, -0.25) is 4.79 Å². The van der Waals surface area contributed by atoms with Gasteiger partial charge in [-0.2, -0.15) is 4.39 Å². The Bertz CT molecular complexity index is 767. The molecule has 1 atom stereocenters. The molecule has 138 valence electrons. The van der Waals surface area contributed by atoms with Crippen molar-refractivity contribution in [2.24, 2.45) is 0 Å². The van der Waals surface area contributed by atoms with Gasteiger partial charge in [0.25, 0.3) is 5.91 Å². The summed E-state index contributed by atoms with van der Waals surface area (Å²) in [6.07, 6.45) is 0.145. The van der Waals surface area contributed by atoms with Crippen LogP contribution in [0.4, 0.5) is 8.78 Å². The van der Waals surface area contributed by atoms with Gasteiger partial charge in [0.15, 0.2) is 18.2 Å². The quantitative estimate of drug-likeness (QED) is 0.857. The molecule has 0 saturated carbocycles. The van der Waals surface area contributed by atoms with Gasteiger partial charge in [-0.05, 0) is 29.8 Å². The molecule has 1 aliphatic heterocycles. The zero-order valence-electron chi connectivity index (χ0n) is 14.0. The maximum atomic E-state index is 13.7. The molecular weight excluding hydrogens is 344 g/mol.